The van der Waals surface area contributed by atoms with Crippen LogP contribution in [0.4, 0.5) is 0 Å². The molecule has 2 amide bonds. The lowest BCUT2D eigenvalue weighted by atomic mass is 9.94. The van der Waals surface area contributed by atoms with E-state index in [4.69, 9.17) is 0 Å². The van der Waals surface area contributed by atoms with Gasteiger partial charge in [0.2, 0.25) is 11.8 Å². The van der Waals surface area contributed by atoms with Crippen molar-refractivity contribution in [1.29, 1.82) is 0 Å². The zero-order valence-electron chi connectivity index (χ0n) is 12.6. The van der Waals surface area contributed by atoms with E-state index in [1.165, 1.54) is 0 Å². The molecule has 114 valence electrons. The van der Waals surface area contributed by atoms with Crippen molar-refractivity contribution in [2.45, 2.75) is 33.2 Å². The Hall–Kier alpha value is -0.750. The fourth-order valence-corrected chi connectivity index (χ4v) is 3.52. The van der Waals surface area contributed by atoms with Crippen molar-refractivity contribution < 1.29 is 9.59 Å². The van der Waals surface area contributed by atoms with Gasteiger partial charge in [-0.15, -0.1) is 11.8 Å². The van der Waals surface area contributed by atoms with Crippen LogP contribution in [-0.2, 0) is 9.59 Å². The zero-order chi connectivity index (χ0) is 14.8. The normalized spacial score (nSPS) is 24.6. The summed E-state index contributed by atoms with van der Waals surface area (Å²) in [5.74, 6) is 2.10. The van der Waals surface area contributed by atoms with Gasteiger partial charge in [-0.1, -0.05) is 20.8 Å². The molecule has 1 N–H and O–H groups in total. The molecule has 5 nitrogen and oxygen atoms in total. The molecule has 2 aliphatic heterocycles. The van der Waals surface area contributed by atoms with E-state index in [-0.39, 0.29) is 23.3 Å². The lowest BCUT2D eigenvalue weighted by molar-refractivity contribution is -0.140. The Balaban J connectivity index is 1.92. The highest BCUT2D eigenvalue weighted by Crippen LogP contribution is 2.19. The van der Waals surface area contributed by atoms with Gasteiger partial charge in [0, 0.05) is 43.2 Å². The average Bonchev–Trinajstić information content (AvgIpc) is 2.80. The number of rotatable bonds is 1. The Morgan fingerprint density at radius 1 is 1.10 bits per heavy atom. The second-order valence-corrected chi connectivity index (χ2v) is 7.52. The van der Waals surface area contributed by atoms with Crippen LogP contribution in [0.15, 0.2) is 0 Å². The number of hydrogen-bond donors (Lipinski definition) is 1. The van der Waals surface area contributed by atoms with E-state index in [1.807, 2.05) is 30.6 Å². The van der Waals surface area contributed by atoms with E-state index < -0.39 is 0 Å². The number of carbonyl (C=O) groups excluding carboxylic acids is 2. The monoisotopic (exact) mass is 299 g/mol. The Morgan fingerprint density at radius 3 is 2.35 bits per heavy atom. The van der Waals surface area contributed by atoms with E-state index in [1.54, 1.807) is 11.8 Å². The first-order valence-corrected chi connectivity index (χ1v) is 8.44. The summed E-state index contributed by atoms with van der Waals surface area (Å²) in [5.41, 5.74) is -0.344. The first kappa shape index (κ1) is 15.6. The minimum atomic E-state index is -0.344. The highest BCUT2D eigenvalue weighted by atomic mass is 32.2. The van der Waals surface area contributed by atoms with Gasteiger partial charge in [0.25, 0.3) is 0 Å². The molecule has 0 aromatic rings. The molecule has 0 aromatic heterocycles. The number of nitrogens with zero attached hydrogens (tertiary/aromatic N) is 2. The maximum Gasteiger partial charge on any atom is 0.240 e. The van der Waals surface area contributed by atoms with Crippen LogP contribution < -0.4 is 5.32 Å². The smallest absolute Gasteiger partial charge is 0.240 e. The van der Waals surface area contributed by atoms with Crippen LogP contribution in [0.5, 0.6) is 0 Å². The van der Waals surface area contributed by atoms with Gasteiger partial charge in [0.05, 0.1) is 6.04 Å². The van der Waals surface area contributed by atoms with Crippen molar-refractivity contribution in [2.24, 2.45) is 5.41 Å². The summed E-state index contributed by atoms with van der Waals surface area (Å²) in [7, 11) is 0. The van der Waals surface area contributed by atoms with Crippen LogP contribution in [0.3, 0.4) is 0 Å². The largest absolute Gasteiger partial charge is 0.340 e. The summed E-state index contributed by atoms with van der Waals surface area (Å²) in [6.45, 7) is 8.67. The van der Waals surface area contributed by atoms with Crippen LogP contribution >= 0.6 is 11.8 Å². The van der Waals surface area contributed by atoms with Crippen molar-refractivity contribution in [1.82, 2.24) is 15.1 Å². The number of carbonyl (C=O) groups is 2. The van der Waals surface area contributed by atoms with Gasteiger partial charge < -0.3 is 9.80 Å². The van der Waals surface area contributed by atoms with Crippen LogP contribution in [0.25, 0.3) is 0 Å². The topological polar surface area (TPSA) is 52.7 Å². The van der Waals surface area contributed by atoms with Gasteiger partial charge in [-0.3, -0.25) is 14.9 Å². The van der Waals surface area contributed by atoms with E-state index in [9.17, 15) is 9.59 Å². The number of hydrogen-bond acceptors (Lipinski definition) is 4. The molecule has 0 aromatic carbocycles. The third-order valence-electron chi connectivity index (χ3n) is 3.75. The summed E-state index contributed by atoms with van der Waals surface area (Å²) in [6, 6.07) is -0.0372. The molecule has 2 rings (SSSR count). The quantitative estimate of drug-likeness (QED) is 0.776. The molecule has 2 fully saturated rings. The van der Waals surface area contributed by atoms with Gasteiger partial charge in [0.1, 0.15) is 0 Å². The Kier molecular flexibility index (Phi) is 4.96. The Bertz CT molecular complexity index is 375. The Labute approximate surface area is 125 Å². The van der Waals surface area contributed by atoms with Crippen molar-refractivity contribution >= 4 is 23.6 Å². The third-order valence-corrected chi connectivity index (χ3v) is 4.69. The highest BCUT2D eigenvalue weighted by molar-refractivity contribution is 7.99. The van der Waals surface area contributed by atoms with Crippen LogP contribution in [0.2, 0.25) is 0 Å². The summed E-state index contributed by atoms with van der Waals surface area (Å²) in [6.07, 6.45) is 0.868. The van der Waals surface area contributed by atoms with E-state index in [2.05, 4.69) is 5.32 Å². The molecule has 2 heterocycles. The second-order valence-electron chi connectivity index (χ2n) is 6.49. The molecular weight excluding hydrogens is 274 g/mol. The van der Waals surface area contributed by atoms with E-state index in [0.717, 1.165) is 31.1 Å². The Morgan fingerprint density at radius 2 is 1.75 bits per heavy atom. The van der Waals surface area contributed by atoms with Crippen LogP contribution in [0, 0.1) is 5.41 Å². The van der Waals surface area contributed by atoms with E-state index in [0.29, 0.717) is 13.1 Å². The molecule has 2 saturated heterocycles. The van der Waals surface area contributed by atoms with E-state index >= 15 is 0 Å². The van der Waals surface area contributed by atoms with Gasteiger partial charge in [0.15, 0.2) is 0 Å². The molecule has 2 aliphatic rings. The summed E-state index contributed by atoms with van der Waals surface area (Å²) in [5, 5.41) is 3.22. The molecule has 0 spiro atoms. The fourth-order valence-electron chi connectivity index (χ4n) is 2.59. The van der Waals surface area contributed by atoms with Crippen LogP contribution in [0.1, 0.15) is 27.2 Å². The minimum Gasteiger partial charge on any atom is -0.340 e. The molecule has 0 aliphatic carbocycles. The second kappa shape index (κ2) is 6.35. The maximum absolute atomic E-state index is 12.4. The molecule has 0 bridgehead atoms. The molecule has 20 heavy (non-hydrogen) atoms. The molecule has 1 atom stereocenters. The maximum atomic E-state index is 12.4. The van der Waals surface area contributed by atoms with Gasteiger partial charge in [-0.2, -0.15) is 0 Å². The first-order chi connectivity index (χ1) is 9.39. The summed E-state index contributed by atoms with van der Waals surface area (Å²) < 4.78 is 0. The lowest BCUT2D eigenvalue weighted by Gasteiger charge is -2.28. The lowest BCUT2D eigenvalue weighted by Crippen LogP contribution is -2.47. The standard InChI is InChI=1S/C14H25N3O2S/c1-14(2,3)13(19)17-6-4-5-16(7-8-17)12(18)11-9-20-10-15-11/h11,15H,4-10H2,1-3H3. The van der Waals surface area contributed by atoms with Crippen molar-refractivity contribution in [3.8, 4) is 0 Å². The predicted octanol–water partition coefficient (Wildman–Crippen LogP) is 0.756. The van der Waals surface area contributed by atoms with Crippen molar-refractivity contribution in [3.05, 3.63) is 0 Å². The molecular formula is C14H25N3O2S. The summed E-state index contributed by atoms with van der Waals surface area (Å²) >= 11 is 1.77. The number of nitrogens with one attached hydrogen (secondary N) is 1. The predicted molar refractivity (Wildman–Crippen MR) is 81.5 cm³/mol. The van der Waals surface area contributed by atoms with Gasteiger partial charge in [-0.25, -0.2) is 0 Å². The minimum absolute atomic E-state index is 0.0372. The molecule has 0 saturated carbocycles. The average molecular weight is 299 g/mol. The fraction of sp³-hybridized carbons (Fsp3) is 0.857. The first-order valence-electron chi connectivity index (χ1n) is 7.29. The highest BCUT2D eigenvalue weighted by Gasteiger charge is 2.32. The molecule has 1 unspecified atom stereocenters. The van der Waals surface area contributed by atoms with Crippen molar-refractivity contribution in [3.63, 3.8) is 0 Å². The molecule has 6 heteroatoms. The number of amides is 2. The number of thioether (sulfide) groups is 1. The SMILES string of the molecule is CC(C)(C)C(=O)N1CCCN(C(=O)C2CSCN2)CC1. The molecule has 0 radical (unpaired) electrons. The van der Waals surface area contributed by atoms with Crippen molar-refractivity contribution in [2.75, 3.05) is 37.8 Å². The third kappa shape index (κ3) is 3.67. The van der Waals surface area contributed by atoms with Gasteiger partial charge >= 0.3 is 0 Å². The summed E-state index contributed by atoms with van der Waals surface area (Å²) in [4.78, 5) is 28.5. The van der Waals surface area contributed by atoms with Crippen LogP contribution in [-0.4, -0.2) is 65.5 Å². The van der Waals surface area contributed by atoms with Gasteiger partial charge in [-0.05, 0) is 6.42 Å². The zero-order valence-corrected chi connectivity index (χ0v) is 13.5.